The Kier molecular flexibility index (Phi) is 3.68. The van der Waals surface area contributed by atoms with Crippen LogP contribution in [0.25, 0.3) is 0 Å². The first kappa shape index (κ1) is 12.0. The number of rotatable bonds is 2. The fourth-order valence-corrected chi connectivity index (χ4v) is 1.91. The Morgan fingerprint density at radius 1 is 1.41 bits per heavy atom. The van der Waals surface area contributed by atoms with E-state index in [0.29, 0.717) is 6.54 Å². The van der Waals surface area contributed by atoms with Crippen LogP contribution in [-0.4, -0.2) is 25.0 Å². The molecule has 1 amide bonds. The number of carbonyl (C=O) groups excluding carboxylic acids is 1. The summed E-state index contributed by atoms with van der Waals surface area (Å²) in [5.41, 5.74) is -0.240. The molecule has 0 radical (unpaired) electrons. The third kappa shape index (κ3) is 3.00. The van der Waals surface area contributed by atoms with Gasteiger partial charge in [-0.2, -0.15) is 0 Å². The van der Waals surface area contributed by atoms with E-state index >= 15 is 0 Å². The molecule has 2 rings (SSSR count). The van der Waals surface area contributed by atoms with Crippen molar-refractivity contribution in [3.63, 3.8) is 0 Å². The Balaban J connectivity index is 2.05. The molecule has 1 aliphatic rings. The number of carbonyl (C=O) groups is 1. The van der Waals surface area contributed by atoms with Gasteiger partial charge in [0.2, 0.25) is 0 Å². The highest BCUT2D eigenvalue weighted by molar-refractivity contribution is 5.94. The lowest BCUT2D eigenvalue weighted by molar-refractivity contribution is 0.0926. The van der Waals surface area contributed by atoms with Crippen molar-refractivity contribution in [2.24, 2.45) is 0 Å². The van der Waals surface area contributed by atoms with Crippen molar-refractivity contribution in [1.29, 1.82) is 0 Å². The standard InChI is InChI=1S/C12H14F2N2O/c13-8-3-4-11(14)10(6-8)12(17)16-9-2-1-5-15-7-9/h3-4,6,9,15H,1-2,5,7H2,(H,16,17)/t9-/m0/s1. The molecule has 5 heteroatoms. The molecular formula is C12H14F2N2O. The molecule has 0 unspecified atom stereocenters. The molecule has 3 nitrogen and oxygen atoms in total. The van der Waals surface area contributed by atoms with Gasteiger partial charge in [-0.25, -0.2) is 8.78 Å². The van der Waals surface area contributed by atoms with Crippen molar-refractivity contribution in [3.8, 4) is 0 Å². The lowest BCUT2D eigenvalue weighted by Crippen LogP contribution is -2.45. The van der Waals surface area contributed by atoms with Gasteiger partial charge < -0.3 is 10.6 Å². The first-order valence-corrected chi connectivity index (χ1v) is 5.63. The predicted molar refractivity (Wildman–Crippen MR) is 59.7 cm³/mol. The minimum atomic E-state index is -0.701. The lowest BCUT2D eigenvalue weighted by atomic mass is 10.1. The second-order valence-electron chi connectivity index (χ2n) is 4.14. The number of nitrogens with one attached hydrogen (secondary N) is 2. The van der Waals surface area contributed by atoms with Crippen molar-refractivity contribution < 1.29 is 13.6 Å². The molecule has 1 atom stereocenters. The van der Waals surface area contributed by atoms with E-state index in [-0.39, 0.29) is 11.6 Å². The fourth-order valence-electron chi connectivity index (χ4n) is 1.91. The van der Waals surface area contributed by atoms with Crippen LogP contribution < -0.4 is 10.6 Å². The molecule has 0 bridgehead atoms. The molecule has 92 valence electrons. The van der Waals surface area contributed by atoms with E-state index in [1.807, 2.05) is 0 Å². The van der Waals surface area contributed by atoms with Gasteiger partial charge in [0.1, 0.15) is 11.6 Å². The van der Waals surface area contributed by atoms with E-state index in [1.54, 1.807) is 0 Å². The number of hydrogen-bond donors (Lipinski definition) is 2. The van der Waals surface area contributed by atoms with Crippen LogP contribution in [0.1, 0.15) is 23.2 Å². The van der Waals surface area contributed by atoms with Gasteiger partial charge in [-0.1, -0.05) is 0 Å². The number of benzene rings is 1. The normalized spacial score (nSPS) is 20.0. The van der Waals surface area contributed by atoms with Gasteiger partial charge >= 0.3 is 0 Å². The van der Waals surface area contributed by atoms with Gasteiger partial charge in [-0.05, 0) is 37.6 Å². The summed E-state index contributed by atoms with van der Waals surface area (Å²) in [5.74, 6) is -1.87. The van der Waals surface area contributed by atoms with E-state index < -0.39 is 17.5 Å². The van der Waals surface area contributed by atoms with E-state index in [2.05, 4.69) is 10.6 Å². The second-order valence-corrected chi connectivity index (χ2v) is 4.14. The Morgan fingerprint density at radius 3 is 2.94 bits per heavy atom. The van der Waals surface area contributed by atoms with E-state index in [4.69, 9.17) is 0 Å². The first-order valence-electron chi connectivity index (χ1n) is 5.63. The van der Waals surface area contributed by atoms with Crippen molar-refractivity contribution in [3.05, 3.63) is 35.4 Å². The van der Waals surface area contributed by atoms with Crippen molar-refractivity contribution in [2.75, 3.05) is 13.1 Å². The average molecular weight is 240 g/mol. The van der Waals surface area contributed by atoms with Crippen LogP contribution in [0.4, 0.5) is 8.78 Å². The molecule has 1 heterocycles. The Morgan fingerprint density at radius 2 is 2.24 bits per heavy atom. The Hall–Kier alpha value is -1.49. The van der Waals surface area contributed by atoms with Crippen molar-refractivity contribution >= 4 is 5.91 Å². The van der Waals surface area contributed by atoms with Gasteiger partial charge in [0.25, 0.3) is 5.91 Å². The third-order valence-corrected chi connectivity index (χ3v) is 2.81. The molecular weight excluding hydrogens is 226 g/mol. The molecule has 0 spiro atoms. The quantitative estimate of drug-likeness (QED) is 0.821. The SMILES string of the molecule is O=C(N[C@H]1CCCNC1)c1cc(F)ccc1F. The summed E-state index contributed by atoms with van der Waals surface area (Å²) in [5, 5.41) is 5.83. The van der Waals surface area contributed by atoms with Crippen molar-refractivity contribution in [2.45, 2.75) is 18.9 Å². The molecule has 1 fully saturated rings. The molecule has 0 aromatic heterocycles. The second kappa shape index (κ2) is 5.23. The topological polar surface area (TPSA) is 41.1 Å². The third-order valence-electron chi connectivity index (χ3n) is 2.81. The molecule has 0 aliphatic carbocycles. The molecule has 17 heavy (non-hydrogen) atoms. The molecule has 0 saturated carbocycles. The summed E-state index contributed by atoms with van der Waals surface area (Å²) in [6.07, 6.45) is 1.83. The monoisotopic (exact) mass is 240 g/mol. The molecule has 1 saturated heterocycles. The van der Waals surface area contributed by atoms with E-state index in [0.717, 1.165) is 37.6 Å². The Bertz CT molecular complexity index is 417. The van der Waals surface area contributed by atoms with Crippen LogP contribution in [0.2, 0.25) is 0 Å². The summed E-state index contributed by atoms with van der Waals surface area (Å²) in [6.45, 7) is 1.60. The molecule has 1 aromatic rings. The highest BCUT2D eigenvalue weighted by Gasteiger charge is 2.18. The number of amides is 1. The zero-order valence-electron chi connectivity index (χ0n) is 9.30. The summed E-state index contributed by atoms with van der Waals surface area (Å²) >= 11 is 0. The highest BCUT2D eigenvalue weighted by atomic mass is 19.1. The zero-order chi connectivity index (χ0) is 12.3. The van der Waals surface area contributed by atoms with Gasteiger partial charge in [-0.15, -0.1) is 0 Å². The van der Waals surface area contributed by atoms with Gasteiger partial charge in [-0.3, -0.25) is 4.79 Å². The predicted octanol–water partition coefficient (Wildman–Crippen LogP) is 1.45. The van der Waals surface area contributed by atoms with Crippen LogP contribution in [0.15, 0.2) is 18.2 Å². The maximum absolute atomic E-state index is 13.3. The smallest absolute Gasteiger partial charge is 0.254 e. The maximum Gasteiger partial charge on any atom is 0.254 e. The van der Waals surface area contributed by atoms with Crippen LogP contribution in [0.5, 0.6) is 0 Å². The molecule has 2 N–H and O–H groups in total. The van der Waals surface area contributed by atoms with Gasteiger partial charge in [0, 0.05) is 12.6 Å². The number of piperidine rings is 1. The fraction of sp³-hybridized carbons (Fsp3) is 0.417. The summed E-state index contributed by atoms with van der Waals surface area (Å²) in [7, 11) is 0. The van der Waals surface area contributed by atoms with Crippen LogP contribution in [0, 0.1) is 11.6 Å². The van der Waals surface area contributed by atoms with E-state index in [9.17, 15) is 13.6 Å². The number of halogens is 2. The molecule has 1 aromatic carbocycles. The minimum Gasteiger partial charge on any atom is -0.348 e. The van der Waals surface area contributed by atoms with E-state index in [1.165, 1.54) is 0 Å². The van der Waals surface area contributed by atoms with Crippen LogP contribution in [-0.2, 0) is 0 Å². The summed E-state index contributed by atoms with van der Waals surface area (Å²) < 4.78 is 26.3. The van der Waals surface area contributed by atoms with Gasteiger partial charge in [0.15, 0.2) is 0 Å². The molecule has 1 aliphatic heterocycles. The Labute approximate surface area is 98.2 Å². The van der Waals surface area contributed by atoms with Crippen LogP contribution >= 0.6 is 0 Å². The zero-order valence-corrected chi connectivity index (χ0v) is 9.30. The maximum atomic E-state index is 13.3. The van der Waals surface area contributed by atoms with Gasteiger partial charge in [0.05, 0.1) is 5.56 Å². The summed E-state index contributed by atoms with van der Waals surface area (Å²) in [6, 6.07) is 2.86. The van der Waals surface area contributed by atoms with Crippen LogP contribution in [0.3, 0.4) is 0 Å². The summed E-state index contributed by atoms with van der Waals surface area (Å²) in [4.78, 5) is 11.7. The highest BCUT2D eigenvalue weighted by Crippen LogP contribution is 2.10. The minimum absolute atomic E-state index is 0.0149. The largest absolute Gasteiger partial charge is 0.348 e. The lowest BCUT2D eigenvalue weighted by Gasteiger charge is -2.23. The average Bonchev–Trinajstić information content (AvgIpc) is 2.33. The first-order chi connectivity index (χ1) is 8.16. The number of hydrogen-bond acceptors (Lipinski definition) is 2. The van der Waals surface area contributed by atoms with Crippen molar-refractivity contribution in [1.82, 2.24) is 10.6 Å².